The lowest BCUT2D eigenvalue weighted by atomic mass is 10.2. The van der Waals surface area contributed by atoms with E-state index in [4.69, 9.17) is 18.3 Å². The molecule has 0 aliphatic heterocycles. The Labute approximate surface area is 96.8 Å². The normalized spacial score (nSPS) is 20.7. The van der Waals surface area contributed by atoms with E-state index in [1.165, 1.54) is 25.1 Å². The van der Waals surface area contributed by atoms with Crippen molar-refractivity contribution in [1.82, 2.24) is 0 Å². The lowest BCUT2D eigenvalue weighted by Gasteiger charge is -1.97. The molecule has 0 aliphatic carbocycles. The number of benzene rings is 1. The SMILES string of the molecule is [2H]c1ccc([2H])c(C([2H])([2H])C([2H])N=C(N)N=C(C)N)c1. The molecule has 1 unspecified atom stereocenters. The fourth-order valence-corrected chi connectivity index (χ4v) is 0.814. The number of hydrogen-bond acceptors (Lipinski definition) is 1. The molecule has 1 atom stereocenters. The number of amidine groups is 1. The van der Waals surface area contributed by atoms with Crippen molar-refractivity contribution in [3.8, 4) is 0 Å². The fraction of sp³-hybridized carbons (Fsp3) is 0.273. The Morgan fingerprint density at radius 2 is 2.33 bits per heavy atom. The second-order valence-electron chi connectivity index (χ2n) is 2.72. The smallest absolute Gasteiger partial charge is 0.216 e. The molecule has 0 amide bonds. The summed E-state index contributed by atoms with van der Waals surface area (Å²) in [6, 6.07) is 3.83. The van der Waals surface area contributed by atoms with Crippen LogP contribution in [0.2, 0.25) is 0 Å². The first kappa shape index (κ1) is 5.90. The average molecular weight is 209 g/mol. The summed E-state index contributed by atoms with van der Waals surface area (Å²) in [4.78, 5) is 7.23. The van der Waals surface area contributed by atoms with Crippen LogP contribution >= 0.6 is 0 Å². The van der Waals surface area contributed by atoms with Crippen molar-refractivity contribution >= 4 is 11.8 Å². The summed E-state index contributed by atoms with van der Waals surface area (Å²) < 4.78 is 38.8. The Morgan fingerprint density at radius 3 is 3.07 bits per heavy atom. The summed E-state index contributed by atoms with van der Waals surface area (Å²) in [5.74, 6) is -0.157. The third-order valence-electron chi connectivity index (χ3n) is 1.35. The van der Waals surface area contributed by atoms with E-state index in [0.717, 1.165) is 0 Å². The molecule has 0 saturated heterocycles. The first-order valence-electron chi connectivity index (χ1n) is 6.86. The number of nitrogens with two attached hydrogens (primary N) is 2. The predicted octanol–water partition coefficient (Wildman–Crippen LogP) is 0.921. The van der Waals surface area contributed by atoms with Gasteiger partial charge in [-0.3, -0.25) is 4.99 Å². The summed E-state index contributed by atoms with van der Waals surface area (Å²) in [7, 11) is 0. The van der Waals surface area contributed by atoms with Gasteiger partial charge in [-0.15, -0.1) is 0 Å². The lowest BCUT2D eigenvalue weighted by molar-refractivity contribution is 0.962. The molecule has 0 spiro atoms. The van der Waals surface area contributed by atoms with Crippen molar-refractivity contribution in [2.24, 2.45) is 21.5 Å². The topological polar surface area (TPSA) is 76.8 Å². The molecule has 0 aliphatic rings. The van der Waals surface area contributed by atoms with Crippen LogP contribution in [0.4, 0.5) is 0 Å². The first-order valence-corrected chi connectivity index (χ1v) is 4.28. The minimum atomic E-state index is -2.27. The quantitative estimate of drug-likeness (QED) is 0.573. The summed E-state index contributed by atoms with van der Waals surface area (Å²) in [6.07, 6.45) is -2.27. The third kappa shape index (κ3) is 4.81. The average Bonchev–Trinajstić information content (AvgIpc) is 2.30. The molecule has 0 saturated carbocycles. The van der Waals surface area contributed by atoms with E-state index < -0.39 is 12.9 Å². The Morgan fingerprint density at radius 1 is 1.53 bits per heavy atom. The Kier molecular flexibility index (Phi) is 2.28. The summed E-state index contributed by atoms with van der Waals surface area (Å²) in [5.41, 5.74) is 10.7. The molecule has 0 fully saturated rings. The van der Waals surface area contributed by atoms with Crippen LogP contribution in [0, 0.1) is 0 Å². The molecule has 4 N–H and O–H groups in total. The first-order chi connectivity index (χ1) is 9.14. The van der Waals surface area contributed by atoms with Gasteiger partial charge in [-0.1, -0.05) is 30.3 Å². The summed E-state index contributed by atoms with van der Waals surface area (Å²) in [5, 5.41) is 0. The zero-order chi connectivity index (χ0) is 15.5. The molecule has 0 heterocycles. The van der Waals surface area contributed by atoms with Gasteiger partial charge in [-0.05, 0) is 18.9 Å². The van der Waals surface area contributed by atoms with Gasteiger partial charge in [0.05, 0.1) is 9.95 Å². The van der Waals surface area contributed by atoms with E-state index >= 15 is 0 Å². The Hall–Kier alpha value is -1.84. The third-order valence-corrected chi connectivity index (χ3v) is 1.35. The molecule has 15 heavy (non-hydrogen) atoms. The van der Waals surface area contributed by atoms with Gasteiger partial charge in [0, 0.05) is 9.26 Å². The summed E-state index contributed by atoms with van der Waals surface area (Å²) in [6.45, 7) is -0.127. The minimum absolute atomic E-state index is 0.0554. The van der Waals surface area contributed by atoms with Crippen molar-refractivity contribution in [2.75, 3.05) is 6.52 Å². The zero-order valence-corrected chi connectivity index (χ0v) is 8.36. The summed E-state index contributed by atoms with van der Waals surface area (Å²) >= 11 is 0. The van der Waals surface area contributed by atoms with Crippen LogP contribution in [0.3, 0.4) is 0 Å². The van der Waals surface area contributed by atoms with Crippen molar-refractivity contribution < 1.29 is 6.85 Å². The largest absolute Gasteiger partial charge is 0.387 e. The molecule has 4 heteroatoms. The van der Waals surface area contributed by atoms with Gasteiger partial charge in [0.25, 0.3) is 0 Å². The van der Waals surface area contributed by atoms with E-state index in [9.17, 15) is 0 Å². The highest BCUT2D eigenvalue weighted by molar-refractivity contribution is 5.93. The maximum Gasteiger partial charge on any atom is 0.216 e. The van der Waals surface area contributed by atoms with Crippen molar-refractivity contribution in [2.45, 2.75) is 13.3 Å². The number of rotatable bonds is 3. The number of nitrogens with zero attached hydrogens (tertiary/aromatic N) is 2. The van der Waals surface area contributed by atoms with Crippen LogP contribution in [0.5, 0.6) is 0 Å². The highest BCUT2D eigenvalue weighted by atomic mass is 15.1. The van der Waals surface area contributed by atoms with Crippen LogP contribution in [-0.2, 0) is 6.37 Å². The molecular weight excluding hydrogens is 188 g/mol. The molecule has 80 valence electrons. The van der Waals surface area contributed by atoms with Crippen LogP contribution in [0.1, 0.15) is 19.3 Å². The number of aryl methyl sites for hydroxylation is 1. The molecule has 4 nitrogen and oxygen atoms in total. The molecular formula is C11H16N4. The van der Waals surface area contributed by atoms with Gasteiger partial charge < -0.3 is 11.5 Å². The second-order valence-corrected chi connectivity index (χ2v) is 2.72. The minimum Gasteiger partial charge on any atom is -0.387 e. The van der Waals surface area contributed by atoms with E-state index in [1.54, 1.807) is 0 Å². The van der Waals surface area contributed by atoms with Gasteiger partial charge in [-0.2, -0.15) is 0 Å². The van der Waals surface area contributed by atoms with Crippen LogP contribution in [0.25, 0.3) is 0 Å². The highest BCUT2D eigenvalue weighted by Gasteiger charge is 1.91. The number of aliphatic imine (C=N–C) groups is 2. The molecule has 0 radical (unpaired) electrons. The lowest BCUT2D eigenvalue weighted by Crippen LogP contribution is -2.16. The Bertz CT molecular complexity index is 552. The van der Waals surface area contributed by atoms with Crippen molar-refractivity contribution in [3.05, 3.63) is 35.8 Å². The van der Waals surface area contributed by atoms with Crippen LogP contribution in [0.15, 0.2) is 40.3 Å². The van der Waals surface area contributed by atoms with E-state index in [1.807, 2.05) is 0 Å². The fourth-order valence-electron chi connectivity index (χ4n) is 0.814. The van der Waals surface area contributed by atoms with Gasteiger partial charge in [0.1, 0.15) is 0 Å². The molecule has 0 bridgehead atoms. The maximum atomic E-state index is 7.92. The number of hydrogen-bond donors (Lipinski definition) is 2. The van der Waals surface area contributed by atoms with E-state index in [0.29, 0.717) is 0 Å². The standard InChI is InChI=1S/C11H16N4/c1-9(12)15-11(13)14-8-7-10-5-3-2-4-6-10/h2-6H,7-8H2,1H3,(H4,12,13,14,15)/i3D,6D,7D2,8D. The van der Waals surface area contributed by atoms with Gasteiger partial charge in [0.2, 0.25) is 5.96 Å². The van der Waals surface area contributed by atoms with E-state index in [-0.39, 0.29) is 29.4 Å². The van der Waals surface area contributed by atoms with Crippen LogP contribution < -0.4 is 11.5 Å². The molecule has 1 aromatic rings. The number of guanidine groups is 1. The second kappa shape index (κ2) is 5.80. The zero-order valence-electron chi connectivity index (χ0n) is 13.4. The highest BCUT2D eigenvalue weighted by Crippen LogP contribution is 1.99. The maximum absolute atomic E-state index is 7.92. The van der Waals surface area contributed by atoms with Crippen molar-refractivity contribution in [3.63, 3.8) is 0 Å². The van der Waals surface area contributed by atoms with Gasteiger partial charge in [-0.25, -0.2) is 4.99 Å². The van der Waals surface area contributed by atoms with Crippen molar-refractivity contribution in [1.29, 1.82) is 0 Å². The van der Waals surface area contributed by atoms with Gasteiger partial charge in [0.15, 0.2) is 0 Å². The molecule has 0 aromatic heterocycles. The van der Waals surface area contributed by atoms with Crippen LogP contribution in [-0.4, -0.2) is 18.3 Å². The van der Waals surface area contributed by atoms with E-state index in [2.05, 4.69) is 9.98 Å². The Balaban J connectivity index is 3.15. The molecule has 1 aromatic carbocycles. The predicted molar refractivity (Wildman–Crippen MR) is 63.9 cm³/mol. The monoisotopic (exact) mass is 209 g/mol. The van der Waals surface area contributed by atoms with Gasteiger partial charge >= 0.3 is 0 Å². The molecule has 1 rings (SSSR count).